The highest BCUT2D eigenvalue weighted by Gasteiger charge is 2.18. The summed E-state index contributed by atoms with van der Waals surface area (Å²) in [7, 11) is 0. The van der Waals surface area contributed by atoms with Gasteiger partial charge in [0.1, 0.15) is 0 Å². The van der Waals surface area contributed by atoms with Crippen LogP contribution in [0.25, 0.3) is 0 Å². The van der Waals surface area contributed by atoms with E-state index >= 15 is 0 Å². The Labute approximate surface area is 103 Å². The molecule has 1 aromatic heterocycles. The molecule has 1 heterocycles. The fourth-order valence-electron chi connectivity index (χ4n) is 1.25. The minimum absolute atomic E-state index is 0.292. The number of carbonyl (C=O) groups excluding carboxylic acids is 1. The summed E-state index contributed by atoms with van der Waals surface area (Å²) in [5, 5.41) is 4.17. The summed E-state index contributed by atoms with van der Waals surface area (Å²) in [5.41, 5.74) is 0.561. The van der Waals surface area contributed by atoms with E-state index in [4.69, 9.17) is 4.74 Å². The van der Waals surface area contributed by atoms with Gasteiger partial charge in [0.2, 0.25) is 0 Å². The second kappa shape index (κ2) is 5.48. The topological polar surface area (TPSA) is 44.1 Å². The van der Waals surface area contributed by atoms with Crippen molar-refractivity contribution in [2.45, 2.75) is 27.3 Å². The van der Waals surface area contributed by atoms with Crippen LogP contribution in [-0.4, -0.2) is 22.4 Å². The molecule has 0 aliphatic heterocycles. The van der Waals surface area contributed by atoms with Gasteiger partial charge in [-0.25, -0.2) is 4.79 Å². The third-order valence-electron chi connectivity index (χ3n) is 1.80. The van der Waals surface area contributed by atoms with Gasteiger partial charge in [0.05, 0.1) is 16.4 Å². The molecule has 0 saturated carbocycles. The third kappa shape index (κ3) is 3.19. The first kappa shape index (κ1) is 12.5. The fourth-order valence-corrected chi connectivity index (χ4v) is 1.87. The van der Waals surface area contributed by atoms with E-state index in [2.05, 4.69) is 41.5 Å². The minimum Gasteiger partial charge on any atom is -0.461 e. The minimum atomic E-state index is -0.292. The Bertz CT molecular complexity index is 347. The second-order valence-corrected chi connectivity index (χ2v) is 4.80. The van der Waals surface area contributed by atoms with Crippen LogP contribution in [0.15, 0.2) is 6.20 Å². The Kier molecular flexibility index (Phi) is 4.56. The normalized spacial score (nSPS) is 10.7. The Morgan fingerprint density at radius 1 is 1.67 bits per heavy atom. The van der Waals surface area contributed by atoms with Crippen molar-refractivity contribution >= 4 is 28.6 Å². The van der Waals surface area contributed by atoms with Crippen LogP contribution in [0.3, 0.4) is 0 Å². The van der Waals surface area contributed by atoms with E-state index in [-0.39, 0.29) is 5.97 Å². The van der Waals surface area contributed by atoms with Gasteiger partial charge >= 0.3 is 5.97 Å². The Morgan fingerprint density at radius 3 is 2.87 bits per heavy atom. The molecule has 0 bridgehead atoms. The maximum Gasteiger partial charge on any atom is 0.357 e. The predicted octanol–water partition coefficient (Wildman–Crippen LogP) is 2.32. The number of rotatable bonds is 4. The summed E-state index contributed by atoms with van der Waals surface area (Å²) in [5.74, 6) is 0.161. The molecule has 0 spiro atoms. The van der Waals surface area contributed by atoms with E-state index in [1.165, 1.54) is 0 Å². The summed E-state index contributed by atoms with van der Waals surface area (Å²) in [6.45, 7) is 7.10. The standard InChI is InChI=1S/C10H15IN2O2/c1-4-15-10(14)9-8(11)5-12-13(9)6-7(2)3/h5,7H,4,6H2,1-3H3. The van der Waals surface area contributed by atoms with Gasteiger partial charge in [-0.05, 0) is 35.4 Å². The number of esters is 1. The van der Waals surface area contributed by atoms with Crippen LogP contribution in [0.2, 0.25) is 0 Å². The molecule has 1 rings (SSSR count). The fraction of sp³-hybridized carbons (Fsp3) is 0.600. The molecular formula is C10H15IN2O2. The van der Waals surface area contributed by atoms with Gasteiger partial charge in [0.25, 0.3) is 0 Å². The SMILES string of the molecule is CCOC(=O)c1c(I)cnn1CC(C)C. The van der Waals surface area contributed by atoms with Crippen LogP contribution in [0, 0.1) is 9.49 Å². The number of nitrogens with zero attached hydrogens (tertiary/aromatic N) is 2. The third-order valence-corrected chi connectivity index (χ3v) is 2.59. The molecule has 5 heteroatoms. The molecule has 0 saturated heterocycles. The highest BCUT2D eigenvalue weighted by atomic mass is 127. The summed E-state index contributed by atoms with van der Waals surface area (Å²) in [6, 6.07) is 0. The van der Waals surface area contributed by atoms with Gasteiger partial charge in [-0.2, -0.15) is 5.10 Å². The van der Waals surface area contributed by atoms with Gasteiger partial charge in [-0.15, -0.1) is 0 Å². The maximum absolute atomic E-state index is 11.6. The average Bonchev–Trinajstić information content (AvgIpc) is 2.46. The van der Waals surface area contributed by atoms with E-state index in [1.54, 1.807) is 17.8 Å². The Hall–Kier alpha value is -0.590. The van der Waals surface area contributed by atoms with Gasteiger partial charge in [0, 0.05) is 6.54 Å². The first-order chi connectivity index (χ1) is 7.06. The van der Waals surface area contributed by atoms with E-state index in [1.807, 2.05) is 0 Å². The van der Waals surface area contributed by atoms with Crippen molar-refractivity contribution < 1.29 is 9.53 Å². The van der Waals surface area contributed by atoms with Gasteiger partial charge < -0.3 is 4.74 Å². The zero-order valence-corrected chi connectivity index (χ0v) is 11.3. The van der Waals surface area contributed by atoms with Gasteiger partial charge in [0.15, 0.2) is 5.69 Å². The number of ether oxygens (including phenoxy) is 1. The van der Waals surface area contributed by atoms with Gasteiger partial charge in [-0.3, -0.25) is 4.68 Å². The van der Waals surface area contributed by atoms with Gasteiger partial charge in [-0.1, -0.05) is 13.8 Å². The number of halogens is 1. The number of carbonyl (C=O) groups is 1. The van der Waals surface area contributed by atoms with Crippen LogP contribution >= 0.6 is 22.6 Å². The van der Waals surface area contributed by atoms with Crippen LogP contribution < -0.4 is 0 Å². The molecule has 4 nitrogen and oxygen atoms in total. The molecule has 0 aliphatic rings. The molecule has 0 radical (unpaired) electrons. The number of aromatic nitrogens is 2. The van der Waals surface area contributed by atoms with Crippen molar-refractivity contribution in [2.24, 2.45) is 5.92 Å². The monoisotopic (exact) mass is 322 g/mol. The molecule has 0 fully saturated rings. The van der Waals surface area contributed by atoms with Crippen molar-refractivity contribution in [1.82, 2.24) is 9.78 Å². The van der Waals surface area contributed by atoms with Crippen LogP contribution in [-0.2, 0) is 11.3 Å². The lowest BCUT2D eigenvalue weighted by Gasteiger charge is -2.09. The summed E-state index contributed by atoms with van der Waals surface area (Å²) >= 11 is 2.10. The quantitative estimate of drug-likeness (QED) is 0.631. The van der Waals surface area contributed by atoms with E-state index in [9.17, 15) is 4.79 Å². The molecule has 0 N–H and O–H groups in total. The molecule has 0 atom stereocenters. The van der Waals surface area contributed by atoms with Crippen molar-refractivity contribution in [3.63, 3.8) is 0 Å². The van der Waals surface area contributed by atoms with Crippen LogP contribution in [0.1, 0.15) is 31.3 Å². The van der Waals surface area contributed by atoms with Crippen molar-refractivity contribution in [3.05, 3.63) is 15.5 Å². The largest absolute Gasteiger partial charge is 0.461 e. The highest BCUT2D eigenvalue weighted by Crippen LogP contribution is 2.14. The molecule has 84 valence electrons. The maximum atomic E-state index is 11.6. The Balaban J connectivity index is 2.93. The molecule has 0 unspecified atom stereocenters. The van der Waals surface area contributed by atoms with Crippen molar-refractivity contribution in [3.8, 4) is 0 Å². The average molecular weight is 322 g/mol. The molecule has 0 amide bonds. The molecule has 0 aromatic carbocycles. The van der Waals surface area contributed by atoms with Crippen LogP contribution in [0.4, 0.5) is 0 Å². The lowest BCUT2D eigenvalue weighted by Crippen LogP contribution is -2.16. The summed E-state index contributed by atoms with van der Waals surface area (Å²) < 4.78 is 7.54. The van der Waals surface area contributed by atoms with E-state index in [0.717, 1.165) is 10.1 Å². The Morgan fingerprint density at radius 2 is 2.33 bits per heavy atom. The molecular weight excluding hydrogens is 307 g/mol. The summed E-state index contributed by atoms with van der Waals surface area (Å²) in [6.07, 6.45) is 1.69. The first-order valence-corrected chi connectivity index (χ1v) is 6.02. The summed E-state index contributed by atoms with van der Waals surface area (Å²) in [4.78, 5) is 11.6. The zero-order chi connectivity index (χ0) is 11.4. The zero-order valence-electron chi connectivity index (χ0n) is 9.16. The van der Waals surface area contributed by atoms with Crippen LogP contribution in [0.5, 0.6) is 0 Å². The molecule has 1 aromatic rings. The molecule has 15 heavy (non-hydrogen) atoms. The first-order valence-electron chi connectivity index (χ1n) is 4.94. The molecule has 0 aliphatic carbocycles. The lowest BCUT2D eigenvalue weighted by molar-refractivity contribution is 0.0509. The van der Waals surface area contributed by atoms with E-state index in [0.29, 0.717) is 18.2 Å². The van der Waals surface area contributed by atoms with E-state index < -0.39 is 0 Å². The predicted molar refractivity (Wildman–Crippen MR) is 65.7 cm³/mol. The second-order valence-electron chi connectivity index (χ2n) is 3.64. The number of hydrogen-bond acceptors (Lipinski definition) is 3. The highest BCUT2D eigenvalue weighted by molar-refractivity contribution is 14.1. The van der Waals surface area contributed by atoms with Crippen molar-refractivity contribution in [2.75, 3.05) is 6.61 Å². The van der Waals surface area contributed by atoms with Crippen molar-refractivity contribution in [1.29, 1.82) is 0 Å². The smallest absolute Gasteiger partial charge is 0.357 e. The lowest BCUT2D eigenvalue weighted by atomic mass is 10.2. The number of hydrogen-bond donors (Lipinski definition) is 0.